The average molecular weight is 208 g/mol. The van der Waals surface area contributed by atoms with Crippen LogP contribution in [0.5, 0.6) is 0 Å². The molecular formula is C4H5IN2. The van der Waals surface area contributed by atoms with Crippen molar-refractivity contribution < 1.29 is 0 Å². The molecule has 0 unspecified atom stereocenters. The van der Waals surface area contributed by atoms with E-state index in [4.69, 9.17) is 0 Å². The van der Waals surface area contributed by atoms with Crippen LogP contribution in [0.2, 0.25) is 0 Å². The average Bonchev–Trinajstić information content (AvgIpc) is 1.91. The van der Waals surface area contributed by atoms with Gasteiger partial charge in [-0.1, -0.05) is 6.92 Å². The van der Waals surface area contributed by atoms with Gasteiger partial charge in [-0.2, -0.15) is 5.10 Å². The number of nitrogens with zero attached hydrogens (tertiary/aromatic N) is 2. The molecule has 1 aliphatic heterocycles. The zero-order chi connectivity index (χ0) is 5.28. The highest BCUT2D eigenvalue weighted by molar-refractivity contribution is 14.1. The first kappa shape index (κ1) is 5.21. The van der Waals surface area contributed by atoms with E-state index in [-0.39, 0.29) is 0 Å². The minimum absolute atomic E-state index is 0.459. The fourth-order valence-electron chi connectivity index (χ4n) is 0.341. The molecule has 0 radical (unpaired) electrons. The molecule has 1 atom stereocenters. The molecule has 1 heterocycles. The first-order valence-corrected chi connectivity index (χ1v) is 3.15. The standard InChI is InChI=1S/C4H5IN2/c1-3-2-6-7-4(3)5/h2-3H,1H3/t3-/m1/s1. The van der Waals surface area contributed by atoms with Crippen molar-refractivity contribution in [3.05, 3.63) is 0 Å². The Hall–Kier alpha value is 0.0700. The summed E-state index contributed by atoms with van der Waals surface area (Å²) in [5.41, 5.74) is 0. The zero-order valence-electron chi connectivity index (χ0n) is 3.93. The van der Waals surface area contributed by atoms with E-state index in [9.17, 15) is 0 Å². The Morgan fingerprint density at radius 1 is 1.86 bits per heavy atom. The van der Waals surface area contributed by atoms with Gasteiger partial charge >= 0.3 is 0 Å². The van der Waals surface area contributed by atoms with E-state index in [1.54, 1.807) is 0 Å². The third-order valence-corrected chi connectivity index (χ3v) is 2.02. The molecule has 7 heavy (non-hydrogen) atoms. The molecule has 2 nitrogen and oxygen atoms in total. The summed E-state index contributed by atoms with van der Waals surface area (Å²) in [6, 6.07) is 0. The van der Waals surface area contributed by atoms with Crippen LogP contribution >= 0.6 is 22.6 Å². The molecule has 0 N–H and O–H groups in total. The van der Waals surface area contributed by atoms with Crippen molar-refractivity contribution in [3.63, 3.8) is 0 Å². The fraction of sp³-hybridized carbons (Fsp3) is 0.500. The van der Waals surface area contributed by atoms with Crippen LogP contribution in [0.1, 0.15) is 6.92 Å². The highest BCUT2D eigenvalue weighted by Gasteiger charge is 2.07. The summed E-state index contributed by atoms with van der Waals surface area (Å²) in [6.07, 6.45) is 1.84. The highest BCUT2D eigenvalue weighted by Crippen LogP contribution is 2.08. The molecule has 0 fully saturated rings. The van der Waals surface area contributed by atoms with Crippen molar-refractivity contribution in [2.45, 2.75) is 6.92 Å². The normalized spacial score (nSPS) is 28.3. The lowest BCUT2D eigenvalue weighted by atomic mass is 10.2. The van der Waals surface area contributed by atoms with Crippen molar-refractivity contribution in [2.24, 2.45) is 16.1 Å². The molecule has 0 aromatic rings. The lowest BCUT2D eigenvalue weighted by Gasteiger charge is -1.88. The van der Waals surface area contributed by atoms with Crippen LogP contribution in [-0.4, -0.2) is 9.93 Å². The van der Waals surface area contributed by atoms with Gasteiger partial charge in [0, 0.05) is 12.1 Å². The number of hydrogen-bond acceptors (Lipinski definition) is 2. The number of rotatable bonds is 0. The summed E-state index contributed by atoms with van der Waals surface area (Å²) in [6.45, 7) is 2.07. The Labute approximate surface area is 55.9 Å². The summed E-state index contributed by atoms with van der Waals surface area (Å²) in [4.78, 5) is 0. The van der Waals surface area contributed by atoms with Crippen molar-refractivity contribution >= 4 is 32.5 Å². The van der Waals surface area contributed by atoms with Crippen molar-refractivity contribution in [3.8, 4) is 0 Å². The molecule has 0 aromatic carbocycles. The SMILES string of the molecule is C[C@@H]1C=NN=C1I. The Morgan fingerprint density at radius 2 is 2.57 bits per heavy atom. The third kappa shape index (κ3) is 0.992. The second kappa shape index (κ2) is 1.90. The first-order valence-electron chi connectivity index (χ1n) is 2.07. The fourth-order valence-corrected chi connectivity index (χ4v) is 0.626. The Morgan fingerprint density at radius 3 is 2.71 bits per heavy atom. The number of halogens is 1. The van der Waals surface area contributed by atoms with Crippen LogP contribution in [0.25, 0.3) is 0 Å². The monoisotopic (exact) mass is 208 g/mol. The summed E-state index contributed by atoms with van der Waals surface area (Å²) in [5, 5.41) is 7.49. The molecule has 1 aliphatic rings. The maximum absolute atomic E-state index is 3.79. The molecule has 0 aromatic heterocycles. The van der Waals surface area contributed by atoms with E-state index in [2.05, 4.69) is 39.7 Å². The molecule has 3 heteroatoms. The maximum atomic E-state index is 3.79. The zero-order valence-corrected chi connectivity index (χ0v) is 6.08. The van der Waals surface area contributed by atoms with Crippen molar-refractivity contribution in [1.82, 2.24) is 0 Å². The van der Waals surface area contributed by atoms with E-state index < -0.39 is 0 Å². The van der Waals surface area contributed by atoms with Crippen LogP contribution in [0.4, 0.5) is 0 Å². The van der Waals surface area contributed by atoms with E-state index in [0.717, 1.165) is 3.72 Å². The summed E-state index contributed by atoms with van der Waals surface area (Å²) >= 11 is 2.18. The molecule has 0 aliphatic carbocycles. The van der Waals surface area contributed by atoms with E-state index in [0.29, 0.717) is 5.92 Å². The molecule has 0 amide bonds. The minimum Gasteiger partial charge on any atom is -0.162 e. The van der Waals surface area contributed by atoms with Gasteiger partial charge in [-0.3, -0.25) is 0 Å². The lowest BCUT2D eigenvalue weighted by molar-refractivity contribution is 1.14. The van der Waals surface area contributed by atoms with Crippen molar-refractivity contribution in [2.75, 3.05) is 0 Å². The molecule has 0 spiro atoms. The third-order valence-electron chi connectivity index (χ3n) is 0.819. The molecule has 0 saturated carbocycles. The van der Waals surface area contributed by atoms with E-state index in [1.165, 1.54) is 0 Å². The lowest BCUT2D eigenvalue weighted by Crippen LogP contribution is -1.97. The summed E-state index contributed by atoms with van der Waals surface area (Å²) in [5.74, 6) is 0.459. The van der Waals surface area contributed by atoms with Gasteiger partial charge in [0.2, 0.25) is 0 Å². The predicted molar refractivity (Wildman–Crippen MR) is 39.1 cm³/mol. The van der Waals surface area contributed by atoms with Crippen LogP contribution in [0.15, 0.2) is 10.2 Å². The maximum Gasteiger partial charge on any atom is 0.109 e. The quantitative estimate of drug-likeness (QED) is 0.538. The summed E-state index contributed by atoms with van der Waals surface area (Å²) in [7, 11) is 0. The van der Waals surface area contributed by atoms with Gasteiger partial charge in [0.05, 0.1) is 0 Å². The van der Waals surface area contributed by atoms with Gasteiger partial charge in [0.15, 0.2) is 0 Å². The van der Waals surface area contributed by atoms with Crippen LogP contribution in [0.3, 0.4) is 0 Å². The van der Waals surface area contributed by atoms with Gasteiger partial charge in [-0.25, -0.2) is 0 Å². The predicted octanol–water partition coefficient (Wildman–Crippen LogP) is 1.46. The second-order valence-corrected chi connectivity index (χ2v) is 2.58. The van der Waals surface area contributed by atoms with Crippen LogP contribution in [-0.2, 0) is 0 Å². The highest BCUT2D eigenvalue weighted by atomic mass is 127. The van der Waals surface area contributed by atoms with Gasteiger partial charge < -0.3 is 0 Å². The van der Waals surface area contributed by atoms with Crippen LogP contribution in [0, 0.1) is 5.92 Å². The Balaban J connectivity index is 2.69. The van der Waals surface area contributed by atoms with E-state index in [1.807, 2.05) is 6.21 Å². The molecule has 1 rings (SSSR count). The molecule has 38 valence electrons. The van der Waals surface area contributed by atoms with Gasteiger partial charge in [0.25, 0.3) is 0 Å². The van der Waals surface area contributed by atoms with Gasteiger partial charge in [-0.05, 0) is 22.6 Å². The van der Waals surface area contributed by atoms with Crippen LogP contribution < -0.4 is 0 Å². The van der Waals surface area contributed by atoms with Gasteiger partial charge in [0.1, 0.15) is 3.72 Å². The molecular weight excluding hydrogens is 203 g/mol. The Bertz CT molecular complexity index is 128. The second-order valence-electron chi connectivity index (χ2n) is 1.48. The minimum atomic E-state index is 0.459. The molecule has 0 bridgehead atoms. The Kier molecular flexibility index (Phi) is 1.41. The topological polar surface area (TPSA) is 24.7 Å². The number of hydrogen-bond donors (Lipinski definition) is 0. The largest absolute Gasteiger partial charge is 0.162 e. The van der Waals surface area contributed by atoms with Gasteiger partial charge in [-0.15, -0.1) is 5.10 Å². The summed E-state index contributed by atoms with van der Waals surface area (Å²) < 4.78 is 1.08. The molecule has 0 saturated heterocycles. The van der Waals surface area contributed by atoms with Crippen molar-refractivity contribution in [1.29, 1.82) is 0 Å². The smallest absolute Gasteiger partial charge is 0.109 e. The van der Waals surface area contributed by atoms with E-state index >= 15 is 0 Å². The first-order chi connectivity index (χ1) is 3.30.